The van der Waals surface area contributed by atoms with Crippen LogP contribution in [-0.2, 0) is 23.1 Å². The number of ether oxygens (including phenoxy) is 1. The number of aryl methyl sites for hydroxylation is 1. The van der Waals surface area contributed by atoms with E-state index in [-0.39, 0.29) is 11.6 Å². The number of piperazine rings is 1. The zero-order chi connectivity index (χ0) is 23.7. The van der Waals surface area contributed by atoms with E-state index >= 15 is 0 Å². The van der Waals surface area contributed by atoms with E-state index in [2.05, 4.69) is 32.6 Å². The van der Waals surface area contributed by atoms with Gasteiger partial charge in [0.25, 0.3) is 0 Å². The highest BCUT2D eigenvalue weighted by Crippen LogP contribution is 2.24. The Bertz CT molecular complexity index is 1060. The van der Waals surface area contributed by atoms with Crippen molar-refractivity contribution < 1.29 is 9.53 Å². The SMILES string of the molecule is CN[C@H]1C[C@H](OCCN2CCN(Cc3ccc4c(c3)n(C)c(=O)n4C3CCCNC3=O)CC2)C1. The third kappa shape index (κ3) is 4.79. The Hall–Kier alpha value is -2.20. The van der Waals surface area contributed by atoms with Crippen LogP contribution in [0.3, 0.4) is 0 Å². The minimum Gasteiger partial charge on any atom is -0.377 e. The van der Waals surface area contributed by atoms with Crippen molar-refractivity contribution in [2.24, 2.45) is 7.05 Å². The van der Waals surface area contributed by atoms with Crippen molar-refractivity contribution in [1.29, 1.82) is 0 Å². The second-order valence-corrected chi connectivity index (χ2v) is 10.1. The first kappa shape index (κ1) is 23.5. The summed E-state index contributed by atoms with van der Waals surface area (Å²) in [5, 5.41) is 6.20. The molecule has 34 heavy (non-hydrogen) atoms. The molecule has 186 valence electrons. The second-order valence-electron chi connectivity index (χ2n) is 10.1. The lowest BCUT2D eigenvalue weighted by Gasteiger charge is -2.37. The highest BCUT2D eigenvalue weighted by atomic mass is 16.5. The van der Waals surface area contributed by atoms with Crippen molar-refractivity contribution in [3.05, 3.63) is 34.2 Å². The maximum atomic E-state index is 13.0. The van der Waals surface area contributed by atoms with E-state index in [0.29, 0.717) is 25.1 Å². The fourth-order valence-corrected chi connectivity index (χ4v) is 5.53. The van der Waals surface area contributed by atoms with Gasteiger partial charge < -0.3 is 15.4 Å². The first-order chi connectivity index (χ1) is 16.5. The van der Waals surface area contributed by atoms with E-state index in [0.717, 1.165) is 76.2 Å². The number of benzene rings is 1. The van der Waals surface area contributed by atoms with E-state index < -0.39 is 6.04 Å². The lowest BCUT2D eigenvalue weighted by Crippen LogP contribution is -2.48. The minimum atomic E-state index is -0.415. The monoisotopic (exact) mass is 470 g/mol. The van der Waals surface area contributed by atoms with Crippen molar-refractivity contribution in [2.45, 2.75) is 50.4 Å². The van der Waals surface area contributed by atoms with Crippen LogP contribution >= 0.6 is 0 Å². The molecular formula is C25H38N6O3. The molecule has 9 heteroatoms. The smallest absolute Gasteiger partial charge is 0.329 e. The lowest BCUT2D eigenvalue weighted by atomic mass is 9.89. The third-order valence-electron chi connectivity index (χ3n) is 7.86. The van der Waals surface area contributed by atoms with Gasteiger partial charge in [-0.3, -0.25) is 23.7 Å². The molecular weight excluding hydrogens is 432 g/mol. The topological polar surface area (TPSA) is 83.8 Å². The quantitative estimate of drug-likeness (QED) is 0.590. The number of imidazole rings is 1. The van der Waals surface area contributed by atoms with Crippen LogP contribution in [0.25, 0.3) is 11.0 Å². The summed E-state index contributed by atoms with van der Waals surface area (Å²) in [6.07, 6.45) is 4.31. The number of piperidine rings is 1. The molecule has 1 atom stereocenters. The number of amides is 1. The Balaban J connectivity index is 1.16. The van der Waals surface area contributed by atoms with Crippen LogP contribution in [0.15, 0.2) is 23.0 Å². The molecule has 2 aliphatic heterocycles. The highest BCUT2D eigenvalue weighted by molar-refractivity contribution is 5.84. The van der Waals surface area contributed by atoms with Crippen LogP contribution in [0.5, 0.6) is 0 Å². The molecule has 1 unspecified atom stereocenters. The second kappa shape index (κ2) is 10.2. The molecule has 1 saturated carbocycles. The number of nitrogens with one attached hydrogen (secondary N) is 2. The van der Waals surface area contributed by atoms with E-state index in [9.17, 15) is 9.59 Å². The zero-order valence-corrected chi connectivity index (χ0v) is 20.5. The van der Waals surface area contributed by atoms with Gasteiger partial charge in [0.15, 0.2) is 0 Å². The predicted octanol–water partition coefficient (Wildman–Crippen LogP) is 0.676. The summed E-state index contributed by atoms with van der Waals surface area (Å²) in [5.74, 6) is -0.0527. The maximum Gasteiger partial charge on any atom is 0.329 e. The molecule has 3 aliphatic rings. The largest absolute Gasteiger partial charge is 0.377 e. The van der Waals surface area contributed by atoms with Crippen molar-refractivity contribution in [3.8, 4) is 0 Å². The molecule has 9 nitrogen and oxygen atoms in total. The minimum absolute atomic E-state index is 0.0527. The predicted molar refractivity (Wildman–Crippen MR) is 132 cm³/mol. The number of rotatable bonds is 8. The van der Waals surface area contributed by atoms with E-state index in [4.69, 9.17) is 4.74 Å². The van der Waals surface area contributed by atoms with Crippen molar-refractivity contribution in [3.63, 3.8) is 0 Å². The van der Waals surface area contributed by atoms with Crippen LogP contribution in [0.1, 0.15) is 37.3 Å². The fraction of sp³-hybridized carbons (Fsp3) is 0.680. The Labute approximate surface area is 201 Å². The van der Waals surface area contributed by atoms with Crippen molar-refractivity contribution in [2.75, 3.05) is 52.9 Å². The molecule has 1 aliphatic carbocycles. The van der Waals surface area contributed by atoms with Crippen molar-refractivity contribution >= 4 is 16.9 Å². The molecule has 1 aromatic heterocycles. The lowest BCUT2D eigenvalue weighted by molar-refractivity contribution is -0.125. The van der Waals surface area contributed by atoms with Gasteiger partial charge in [-0.15, -0.1) is 0 Å². The van der Waals surface area contributed by atoms with E-state index in [1.165, 1.54) is 5.56 Å². The number of aromatic nitrogens is 2. The summed E-state index contributed by atoms with van der Waals surface area (Å²) in [5.41, 5.74) is 2.83. The average molecular weight is 471 g/mol. The number of nitrogens with zero attached hydrogens (tertiary/aromatic N) is 4. The Kier molecular flexibility index (Phi) is 7.06. The molecule has 0 radical (unpaired) electrons. The summed E-state index contributed by atoms with van der Waals surface area (Å²) < 4.78 is 9.36. The first-order valence-corrected chi connectivity index (χ1v) is 12.7. The summed E-state index contributed by atoms with van der Waals surface area (Å²) in [6, 6.07) is 6.46. The van der Waals surface area contributed by atoms with Gasteiger partial charge in [-0.1, -0.05) is 6.07 Å². The number of hydrogen-bond donors (Lipinski definition) is 2. The summed E-state index contributed by atoms with van der Waals surface area (Å²) in [6.45, 7) is 7.57. The van der Waals surface area contributed by atoms with Gasteiger partial charge in [-0.2, -0.15) is 0 Å². The summed E-state index contributed by atoms with van der Waals surface area (Å²) in [7, 11) is 3.82. The van der Waals surface area contributed by atoms with Crippen LogP contribution < -0.4 is 16.3 Å². The molecule has 2 saturated heterocycles. The zero-order valence-electron chi connectivity index (χ0n) is 20.5. The molecule has 3 heterocycles. The number of fused-ring (bicyclic) bond motifs is 1. The van der Waals surface area contributed by atoms with Crippen LogP contribution in [0.4, 0.5) is 0 Å². The van der Waals surface area contributed by atoms with Crippen LogP contribution in [0.2, 0.25) is 0 Å². The van der Waals surface area contributed by atoms with Gasteiger partial charge in [-0.05, 0) is 50.4 Å². The molecule has 1 amide bonds. The van der Waals surface area contributed by atoms with Gasteiger partial charge in [0.2, 0.25) is 5.91 Å². The molecule has 0 spiro atoms. The summed E-state index contributed by atoms with van der Waals surface area (Å²) >= 11 is 0. The molecule has 1 aromatic carbocycles. The van der Waals surface area contributed by atoms with Gasteiger partial charge in [0.05, 0.1) is 23.7 Å². The van der Waals surface area contributed by atoms with E-state index in [1.54, 1.807) is 16.2 Å². The Morgan fingerprint density at radius 3 is 2.59 bits per heavy atom. The summed E-state index contributed by atoms with van der Waals surface area (Å²) in [4.78, 5) is 30.3. The molecule has 0 bridgehead atoms. The molecule has 2 N–H and O–H groups in total. The number of hydrogen-bond acceptors (Lipinski definition) is 6. The third-order valence-corrected chi connectivity index (χ3v) is 7.86. The van der Waals surface area contributed by atoms with E-state index in [1.807, 2.05) is 13.1 Å². The van der Waals surface area contributed by atoms with Gasteiger partial charge in [0, 0.05) is 58.9 Å². The highest BCUT2D eigenvalue weighted by Gasteiger charge is 2.29. The van der Waals surface area contributed by atoms with Gasteiger partial charge >= 0.3 is 5.69 Å². The number of carbonyl (C=O) groups excluding carboxylic acids is 1. The average Bonchev–Trinajstić information content (AvgIpc) is 3.06. The van der Waals surface area contributed by atoms with Crippen LogP contribution in [0, 0.1) is 0 Å². The normalized spacial score (nSPS) is 26.5. The standard InChI is InChI=1S/C25H38N6O3/c1-26-19-15-20(16-19)34-13-12-29-8-10-30(11-9-29)17-18-5-6-21-23(14-18)28(2)25(33)31(21)22-4-3-7-27-24(22)32/h5-6,14,19-20,22,26H,3-4,7-13,15-17H2,1-2H3,(H,27,32)/t19-,20-,22?. The van der Waals surface area contributed by atoms with Gasteiger partial charge in [-0.25, -0.2) is 4.79 Å². The molecule has 2 aromatic rings. The fourth-order valence-electron chi connectivity index (χ4n) is 5.53. The first-order valence-electron chi connectivity index (χ1n) is 12.7. The molecule has 5 rings (SSSR count). The Morgan fingerprint density at radius 1 is 1.09 bits per heavy atom. The number of carbonyl (C=O) groups is 1. The van der Waals surface area contributed by atoms with Gasteiger partial charge in [0.1, 0.15) is 6.04 Å². The Morgan fingerprint density at radius 2 is 1.85 bits per heavy atom. The van der Waals surface area contributed by atoms with Crippen molar-refractivity contribution in [1.82, 2.24) is 29.6 Å². The molecule has 3 fully saturated rings. The van der Waals surface area contributed by atoms with Crippen LogP contribution in [-0.4, -0.2) is 89.9 Å². The maximum absolute atomic E-state index is 13.0.